The van der Waals surface area contributed by atoms with Gasteiger partial charge >= 0.3 is 0 Å². The zero-order chi connectivity index (χ0) is 13.4. The number of methoxy groups -OCH3 is 1. The molecule has 0 radical (unpaired) electrons. The van der Waals surface area contributed by atoms with Crippen molar-refractivity contribution in [3.8, 4) is 5.75 Å². The summed E-state index contributed by atoms with van der Waals surface area (Å²) in [6, 6.07) is 8.21. The second-order valence-corrected chi connectivity index (χ2v) is 4.60. The first-order valence-corrected chi connectivity index (χ1v) is 6.79. The van der Waals surface area contributed by atoms with E-state index in [-0.39, 0.29) is 0 Å². The summed E-state index contributed by atoms with van der Waals surface area (Å²) in [4.78, 5) is 2.42. The van der Waals surface area contributed by atoms with Crippen molar-refractivity contribution < 1.29 is 4.74 Å². The molecule has 0 amide bonds. The first kappa shape index (κ1) is 15.0. The summed E-state index contributed by atoms with van der Waals surface area (Å²) in [6.45, 7) is 8.33. The topological polar surface area (TPSA) is 38.5 Å². The molecular weight excluding hydrogens is 224 g/mol. The van der Waals surface area contributed by atoms with E-state index in [0.717, 1.165) is 31.8 Å². The Kier molecular flexibility index (Phi) is 6.76. The molecule has 0 heterocycles. The van der Waals surface area contributed by atoms with Crippen LogP contribution in [0.2, 0.25) is 0 Å². The maximum Gasteiger partial charge on any atom is 0.122 e. The van der Waals surface area contributed by atoms with Gasteiger partial charge in [0.15, 0.2) is 0 Å². The van der Waals surface area contributed by atoms with Gasteiger partial charge in [-0.2, -0.15) is 0 Å². The van der Waals surface area contributed by atoms with Gasteiger partial charge in [0.05, 0.1) is 7.11 Å². The normalized spacial score (nSPS) is 12.7. The lowest BCUT2D eigenvalue weighted by atomic mass is 9.98. The van der Waals surface area contributed by atoms with Crippen LogP contribution in [-0.2, 0) is 6.42 Å². The van der Waals surface area contributed by atoms with Crippen LogP contribution in [0.25, 0.3) is 0 Å². The van der Waals surface area contributed by atoms with Gasteiger partial charge in [0.25, 0.3) is 0 Å². The summed E-state index contributed by atoms with van der Waals surface area (Å²) in [7, 11) is 1.72. The van der Waals surface area contributed by atoms with Crippen LogP contribution in [0.4, 0.5) is 0 Å². The molecule has 0 saturated carbocycles. The summed E-state index contributed by atoms with van der Waals surface area (Å²) >= 11 is 0. The molecule has 1 atom stereocenters. The van der Waals surface area contributed by atoms with Crippen molar-refractivity contribution in [3.05, 3.63) is 29.8 Å². The van der Waals surface area contributed by atoms with Crippen LogP contribution in [0.15, 0.2) is 24.3 Å². The molecule has 0 aromatic heterocycles. The lowest BCUT2D eigenvalue weighted by Gasteiger charge is -2.24. The minimum Gasteiger partial charge on any atom is -0.496 e. The van der Waals surface area contributed by atoms with E-state index in [1.54, 1.807) is 7.11 Å². The molecule has 0 aliphatic rings. The van der Waals surface area contributed by atoms with Gasteiger partial charge in [-0.05, 0) is 43.6 Å². The fourth-order valence-electron chi connectivity index (χ4n) is 2.25. The van der Waals surface area contributed by atoms with Gasteiger partial charge < -0.3 is 15.4 Å². The van der Waals surface area contributed by atoms with Crippen molar-refractivity contribution in [2.45, 2.75) is 20.3 Å². The number of nitrogens with zero attached hydrogens (tertiary/aromatic N) is 1. The van der Waals surface area contributed by atoms with Crippen LogP contribution >= 0.6 is 0 Å². The largest absolute Gasteiger partial charge is 0.496 e. The van der Waals surface area contributed by atoms with Crippen LogP contribution in [0.5, 0.6) is 5.75 Å². The quantitative estimate of drug-likeness (QED) is 0.768. The van der Waals surface area contributed by atoms with E-state index in [0.29, 0.717) is 12.5 Å². The fraction of sp³-hybridized carbons (Fsp3) is 0.600. The molecule has 1 aromatic rings. The maximum atomic E-state index is 5.90. The minimum atomic E-state index is 0.487. The van der Waals surface area contributed by atoms with E-state index in [4.69, 9.17) is 10.5 Å². The second-order valence-electron chi connectivity index (χ2n) is 4.60. The van der Waals surface area contributed by atoms with Crippen molar-refractivity contribution in [3.63, 3.8) is 0 Å². The summed E-state index contributed by atoms with van der Waals surface area (Å²) in [6.07, 6.45) is 0.983. The van der Waals surface area contributed by atoms with E-state index in [9.17, 15) is 0 Å². The molecule has 0 aliphatic carbocycles. The monoisotopic (exact) mass is 250 g/mol. The van der Waals surface area contributed by atoms with Gasteiger partial charge in [0.1, 0.15) is 5.75 Å². The molecule has 1 rings (SSSR count). The average Bonchev–Trinajstić information content (AvgIpc) is 2.43. The molecule has 2 N–H and O–H groups in total. The maximum absolute atomic E-state index is 5.90. The fourth-order valence-corrected chi connectivity index (χ4v) is 2.25. The highest BCUT2D eigenvalue weighted by Gasteiger charge is 2.13. The van der Waals surface area contributed by atoms with Crippen LogP contribution in [0.1, 0.15) is 19.4 Å². The molecule has 3 nitrogen and oxygen atoms in total. The van der Waals surface area contributed by atoms with Crippen molar-refractivity contribution in [2.24, 2.45) is 11.7 Å². The third-order valence-electron chi connectivity index (χ3n) is 3.45. The molecule has 0 aliphatic heterocycles. The molecule has 18 heavy (non-hydrogen) atoms. The molecule has 0 fully saturated rings. The van der Waals surface area contributed by atoms with Gasteiger partial charge in [-0.25, -0.2) is 0 Å². The number of rotatable bonds is 8. The molecule has 1 aromatic carbocycles. The van der Waals surface area contributed by atoms with Gasteiger partial charge in [-0.1, -0.05) is 32.0 Å². The Labute approximate surface area is 111 Å². The van der Waals surface area contributed by atoms with Crippen LogP contribution < -0.4 is 10.5 Å². The summed E-state index contributed by atoms with van der Waals surface area (Å²) in [5, 5.41) is 0. The third-order valence-corrected chi connectivity index (χ3v) is 3.45. The van der Waals surface area contributed by atoms with Crippen LogP contribution in [0, 0.1) is 5.92 Å². The zero-order valence-electron chi connectivity index (χ0n) is 11.9. The number of hydrogen-bond donors (Lipinski definition) is 1. The van der Waals surface area contributed by atoms with Crippen molar-refractivity contribution in [2.75, 3.05) is 33.3 Å². The average molecular weight is 250 g/mol. The Morgan fingerprint density at radius 1 is 1.22 bits per heavy atom. The van der Waals surface area contributed by atoms with Gasteiger partial charge in [-0.3, -0.25) is 0 Å². The third kappa shape index (κ3) is 4.31. The molecule has 0 saturated heterocycles. The first-order valence-electron chi connectivity index (χ1n) is 6.79. The SMILES string of the molecule is CCN(CC)CC(CN)Cc1ccccc1OC. The van der Waals surface area contributed by atoms with Crippen molar-refractivity contribution >= 4 is 0 Å². The molecule has 102 valence electrons. The molecule has 0 spiro atoms. The van der Waals surface area contributed by atoms with E-state index >= 15 is 0 Å². The first-order chi connectivity index (χ1) is 8.74. The Bertz CT molecular complexity index is 337. The van der Waals surface area contributed by atoms with E-state index < -0.39 is 0 Å². The summed E-state index contributed by atoms with van der Waals surface area (Å²) in [5.74, 6) is 1.46. The van der Waals surface area contributed by atoms with Gasteiger partial charge in [0.2, 0.25) is 0 Å². The highest BCUT2D eigenvalue weighted by molar-refractivity contribution is 5.33. The van der Waals surface area contributed by atoms with E-state index in [1.165, 1.54) is 5.56 Å². The van der Waals surface area contributed by atoms with Gasteiger partial charge in [0, 0.05) is 6.54 Å². The standard InChI is InChI=1S/C15H26N2O/c1-4-17(5-2)12-13(11-16)10-14-8-6-7-9-15(14)18-3/h6-9,13H,4-5,10-12,16H2,1-3H3. The smallest absolute Gasteiger partial charge is 0.122 e. The van der Waals surface area contributed by atoms with Crippen molar-refractivity contribution in [1.82, 2.24) is 4.90 Å². The predicted octanol–water partition coefficient (Wildman–Crippen LogP) is 2.15. The lowest BCUT2D eigenvalue weighted by molar-refractivity contribution is 0.253. The molecular formula is C15H26N2O. The Balaban J connectivity index is 2.67. The van der Waals surface area contributed by atoms with E-state index in [1.807, 2.05) is 12.1 Å². The number of para-hydroxylation sites is 1. The predicted molar refractivity (Wildman–Crippen MR) is 77.0 cm³/mol. The molecule has 3 heteroatoms. The van der Waals surface area contributed by atoms with Crippen molar-refractivity contribution in [1.29, 1.82) is 0 Å². The summed E-state index contributed by atoms with van der Waals surface area (Å²) in [5.41, 5.74) is 7.15. The molecule has 0 bridgehead atoms. The Morgan fingerprint density at radius 2 is 1.89 bits per heavy atom. The van der Waals surface area contributed by atoms with Crippen LogP contribution in [-0.4, -0.2) is 38.2 Å². The number of hydrogen-bond acceptors (Lipinski definition) is 3. The Hall–Kier alpha value is -1.06. The Morgan fingerprint density at radius 3 is 2.44 bits per heavy atom. The minimum absolute atomic E-state index is 0.487. The number of benzene rings is 1. The highest BCUT2D eigenvalue weighted by atomic mass is 16.5. The number of nitrogens with two attached hydrogens (primary N) is 1. The van der Waals surface area contributed by atoms with E-state index in [2.05, 4.69) is 30.9 Å². The zero-order valence-corrected chi connectivity index (χ0v) is 11.9. The van der Waals surface area contributed by atoms with Gasteiger partial charge in [-0.15, -0.1) is 0 Å². The second kappa shape index (κ2) is 8.11. The van der Waals surface area contributed by atoms with Crippen LogP contribution in [0.3, 0.4) is 0 Å². The molecule has 1 unspecified atom stereocenters. The number of ether oxygens (including phenoxy) is 1. The lowest BCUT2D eigenvalue weighted by Crippen LogP contribution is -2.33. The highest BCUT2D eigenvalue weighted by Crippen LogP contribution is 2.21. The summed E-state index contributed by atoms with van der Waals surface area (Å²) < 4.78 is 5.39.